The molecule has 0 radical (unpaired) electrons. The molecule has 0 aliphatic carbocycles. The highest BCUT2D eigenvalue weighted by Gasteiger charge is 2.29. The fourth-order valence-electron chi connectivity index (χ4n) is 2.18. The Kier molecular flexibility index (Phi) is 3.99. The highest BCUT2D eigenvalue weighted by molar-refractivity contribution is 5.76. The average molecular weight is 281 g/mol. The number of hydrogen-bond acceptors (Lipinski definition) is 4. The number of carbonyl (C=O) groups excluding carboxylic acids is 1. The third kappa shape index (κ3) is 3.70. The third-order valence-electron chi connectivity index (χ3n) is 2.99. The van der Waals surface area contributed by atoms with Gasteiger partial charge in [0, 0.05) is 18.4 Å². The van der Waals surface area contributed by atoms with Crippen molar-refractivity contribution in [2.24, 2.45) is 5.73 Å². The maximum atomic E-state index is 13.1. The van der Waals surface area contributed by atoms with Crippen molar-refractivity contribution in [3.8, 4) is 5.75 Å². The van der Waals surface area contributed by atoms with Gasteiger partial charge in [-0.3, -0.25) is 4.79 Å². The molecule has 1 aromatic rings. The molecule has 2 atom stereocenters. The van der Waals surface area contributed by atoms with Gasteiger partial charge in [-0.05, 0) is 39.0 Å². The standard InChI is InChI=1S/C15H20FNO3/c1-15(2,3)20-14(18)12(17)8-11-7-9-6-10(16)4-5-13(9)19-11/h4-6,11-12H,7-8,17H2,1-3H3. The smallest absolute Gasteiger partial charge is 0.323 e. The van der Waals surface area contributed by atoms with Crippen LogP contribution >= 0.6 is 0 Å². The lowest BCUT2D eigenvalue weighted by molar-refractivity contribution is -0.157. The van der Waals surface area contributed by atoms with E-state index >= 15 is 0 Å². The molecule has 0 fully saturated rings. The molecule has 0 bridgehead atoms. The number of rotatable bonds is 3. The minimum atomic E-state index is -0.738. The molecule has 5 heteroatoms. The lowest BCUT2D eigenvalue weighted by Crippen LogP contribution is -2.40. The molecule has 1 aromatic carbocycles. The molecule has 2 N–H and O–H groups in total. The second-order valence-corrected chi connectivity index (χ2v) is 6.07. The molecule has 0 aromatic heterocycles. The van der Waals surface area contributed by atoms with Crippen LogP contribution in [0, 0.1) is 5.82 Å². The first kappa shape index (κ1) is 14.8. The van der Waals surface area contributed by atoms with Gasteiger partial charge in [0.15, 0.2) is 0 Å². The molecule has 1 aliphatic heterocycles. The second kappa shape index (κ2) is 5.40. The SMILES string of the molecule is CC(C)(C)OC(=O)C(N)CC1Cc2cc(F)ccc2O1. The molecular weight excluding hydrogens is 261 g/mol. The number of ether oxygens (including phenoxy) is 2. The predicted octanol–water partition coefficient (Wildman–Crippen LogP) is 2.19. The number of hydrogen-bond donors (Lipinski definition) is 1. The van der Waals surface area contributed by atoms with Gasteiger partial charge in [0.25, 0.3) is 0 Å². The van der Waals surface area contributed by atoms with Crippen LogP contribution in [0.2, 0.25) is 0 Å². The highest BCUT2D eigenvalue weighted by atomic mass is 19.1. The zero-order valence-corrected chi connectivity index (χ0v) is 12.0. The van der Waals surface area contributed by atoms with Crippen molar-refractivity contribution in [3.63, 3.8) is 0 Å². The molecule has 0 saturated heterocycles. The van der Waals surface area contributed by atoms with E-state index in [0.29, 0.717) is 18.6 Å². The van der Waals surface area contributed by atoms with Gasteiger partial charge in [0.1, 0.15) is 29.3 Å². The summed E-state index contributed by atoms with van der Waals surface area (Å²) >= 11 is 0. The Labute approximate surface area is 118 Å². The van der Waals surface area contributed by atoms with Crippen molar-refractivity contribution >= 4 is 5.97 Å². The van der Waals surface area contributed by atoms with Gasteiger partial charge in [-0.1, -0.05) is 0 Å². The van der Waals surface area contributed by atoms with Crippen molar-refractivity contribution in [1.82, 2.24) is 0 Å². The third-order valence-corrected chi connectivity index (χ3v) is 2.99. The van der Waals surface area contributed by atoms with Crippen molar-refractivity contribution in [2.75, 3.05) is 0 Å². The van der Waals surface area contributed by atoms with E-state index in [9.17, 15) is 9.18 Å². The predicted molar refractivity (Wildman–Crippen MR) is 73.0 cm³/mol. The summed E-state index contributed by atoms with van der Waals surface area (Å²) in [6.07, 6.45) is 0.698. The van der Waals surface area contributed by atoms with Gasteiger partial charge in [0.05, 0.1) is 0 Å². The van der Waals surface area contributed by atoms with E-state index in [2.05, 4.69) is 0 Å². The molecule has 1 aliphatic rings. The van der Waals surface area contributed by atoms with Crippen LogP contribution in [0.5, 0.6) is 5.75 Å². The van der Waals surface area contributed by atoms with Gasteiger partial charge in [-0.25, -0.2) is 4.39 Å². The van der Waals surface area contributed by atoms with E-state index in [1.54, 1.807) is 26.8 Å². The fourth-order valence-corrected chi connectivity index (χ4v) is 2.18. The molecule has 0 amide bonds. The summed E-state index contributed by atoms with van der Waals surface area (Å²) in [5.41, 5.74) is 6.09. The molecule has 2 unspecified atom stereocenters. The Morgan fingerprint density at radius 3 is 2.90 bits per heavy atom. The Morgan fingerprint density at radius 1 is 1.55 bits per heavy atom. The average Bonchev–Trinajstić information content (AvgIpc) is 2.67. The zero-order chi connectivity index (χ0) is 14.9. The van der Waals surface area contributed by atoms with E-state index in [-0.39, 0.29) is 11.9 Å². The highest BCUT2D eigenvalue weighted by Crippen LogP contribution is 2.30. The van der Waals surface area contributed by atoms with Gasteiger partial charge in [-0.2, -0.15) is 0 Å². The first-order chi connectivity index (χ1) is 9.24. The van der Waals surface area contributed by atoms with Crippen molar-refractivity contribution in [1.29, 1.82) is 0 Å². The number of benzene rings is 1. The number of fused-ring (bicyclic) bond motifs is 1. The summed E-state index contributed by atoms with van der Waals surface area (Å²) in [5.74, 6) is -0.0690. The summed E-state index contributed by atoms with van der Waals surface area (Å²) in [6.45, 7) is 5.38. The van der Waals surface area contributed by atoms with E-state index in [1.807, 2.05) is 0 Å². The van der Waals surface area contributed by atoms with Crippen molar-refractivity contribution in [2.45, 2.75) is 51.4 Å². The molecule has 20 heavy (non-hydrogen) atoms. The quantitative estimate of drug-likeness (QED) is 0.863. The molecule has 4 nitrogen and oxygen atoms in total. The first-order valence-corrected chi connectivity index (χ1v) is 6.68. The number of nitrogens with two attached hydrogens (primary N) is 1. The molecule has 1 heterocycles. The largest absolute Gasteiger partial charge is 0.490 e. The maximum absolute atomic E-state index is 13.1. The first-order valence-electron chi connectivity index (χ1n) is 6.68. The summed E-state index contributed by atoms with van der Waals surface area (Å²) in [6, 6.07) is 3.67. The normalized spacial score (nSPS) is 19.1. The van der Waals surface area contributed by atoms with Gasteiger partial charge >= 0.3 is 5.97 Å². The van der Waals surface area contributed by atoms with E-state index in [1.165, 1.54) is 12.1 Å². The van der Waals surface area contributed by atoms with Crippen LogP contribution in [-0.4, -0.2) is 23.7 Å². The lowest BCUT2D eigenvalue weighted by atomic mass is 10.0. The van der Waals surface area contributed by atoms with E-state index in [0.717, 1.165) is 5.56 Å². The summed E-state index contributed by atoms with van der Waals surface area (Å²) in [4.78, 5) is 11.8. The summed E-state index contributed by atoms with van der Waals surface area (Å²) < 4.78 is 24.0. The number of esters is 1. The van der Waals surface area contributed by atoms with Gasteiger partial charge in [-0.15, -0.1) is 0 Å². The Hall–Kier alpha value is -1.62. The van der Waals surface area contributed by atoms with E-state index < -0.39 is 17.6 Å². The summed E-state index contributed by atoms with van der Waals surface area (Å²) in [7, 11) is 0. The van der Waals surface area contributed by atoms with Gasteiger partial charge < -0.3 is 15.2 Å². The Morgan fingerprint density at radius 2 is 2.25 bits per heavy atom. The molecule has 0 spiro atoms. The lowest BCUT2D eigenvalue weighted by Gasteiger charge is -2.23. The van der Waals surface area contributed by atoms with Crippen LogP contribution in [-0.2, 0) is 16.0 Å². The molecule has 110 valence electrons. The van der Waals surface area contributed by atoms with Crippen LogP contribution in [0.25, 0.3) is 0 Å². The summed E-state index contributed by atoms with van der Waals surface area (Å²) in [5, 5.41) is 0. The van der Waals surface area contributed by atoms with Crippen LogP contribution in [0.3, 0.4) is 0 Å². The van der Waals surface area contributed by atoms with Crippen LogP contribution in [0.15, 0.2) is 18.2 Å². The van der Waals surface area contributed by atoms with Crippen molar-refractivity contribution < 1.29 is 18.7 Å². The Balaban J connectivity index is 1.91. The molecular formula is C15H20FNO3. The molecule has 2 rings (SSSR count). The topological polar surface area (TPSA) is 61.5 Å². The fraction of sp³-hybridized carbons (Fsp3) is 0.533. The maximum Gasteiger partial charge on any atom is 0.323 e. The Bertz CT molecular complexity index is 510. The van der Waals surface area contributed by atoms with Crippen molar-refractivity contribution in [3.05, 3.63) is 29.6 Å². The minimum absolute atomic E-state index is 0.214. The number of carbonyl (C=O) groups is 1. The van der Waals surface area contributed by atoms with Crippen LogP contribution in [0.4, 0.5) is 4.39 Å². The number of halogens is 1. The van der Waals surface area contributed by atoms with Crippen LogP contribution in [0.1, 0.15) is 32.8 Å². The van der Waals surface area contributed by atoms with E-state index in [4.69, 9.17) is 15.2 Å². The van der Waals surface area contributed by atoms with Crippen LogP contribution < -0.4 is 10.5 Å². The minimum Gasteiger partial charge on any atom is -0.490 e. The molecule has 0 saturated carbocycles. The van der Waals surface area contributed by atoms with Gasteiger partial charge in [0.2, 0.25) is 0 Å². The zero-order valence-electron chi connectivity index (χ0n) is 12.0. The second-order valence-electron chi connectivity index (χ2n) is 6.07. The monoisotopic (exact) mass is 281 g/mol.